The van der Waals surface area contributed by atoms with Gasteiger partial charge in [-0.25, -0.2) is 9.59 Å². The summed E-state index contributed by atoms with van der Waals surface area (Å²) in [7, 11) is 0. The van der Waals surface area contributed by atoms with E-state index in [0.717, 1.165) is 12.2 Å². The zero-order valence-electron chi connectivity index (χ0n) is 9.16. The molecule has 0 fully saturated rings. The van der Waals surface area contributed by atoms with Crippen molar-refractivity contribution in [2.45, 2.75) is 5.79 Å². The molecule has 18 heavy (non-hydrogen) atoms. The topological polar surface area (TPSA) is 95.7 Å². The molecule has 6 nitrogen and oxygen atoms in total. The summed E-state index contributed by atoms with van der Waals surface area (Å²) in [6.45, 7) is 0. The van der Waals surface area contributed by atoms with Crippen LogP contribution in [0.5, 0.6) is 0 Å². The Kier molecular flexibility index (Phi) is 2.85. The molecule has 0 saturated heterocycles. The first-order valence-corrected chi connectivity index (χ1v) is 5.04. The summed E-state index contributed by atoms with van der Waals surface area (Å²) in [6, 6.07) is 7.82. The third kappa shape index (κ3) is 1.95. The Morgan fingerprint density at radius 1 is 1.00 bits per heavy atom. The number of hydrogen-bond donors (Lipinski definition) is 1. The van der Waals surface area contributed by atoms with Gasteiger partial charge in [0, 0.05) is 17.7 Å². The minimum atomic E-state index is -2.22. The molecule has 0 aliphatic carbocycles. The second-order valence-corrected chi connectivity index (χ2v) is 3.52. The van der Waals surface area contributed by atoms with E-state index in [1.54, 1.807) is 18.2 Å². The summed E-state index contributed by atoms with van der Waals surface area (Å²) in [5.74, 6) is -5.08. The zero-order valence-corrected chi connectivity index (χ0v) is 9.16. The number of primary amides is 1. The molecular weight excluding hydrogens is 238 g/mol. The van der Waals surface area contributed by atoms with Gasteiger partial charge in [-0.15, -0.1) is 0 Å². The van der Waals surface area contributed by atoms with E-state index in [0.29, 0.717) is 0 Å². The second-order valence-electron chi connectivity index (χ2n) is 3.52. The smallest absolute Gasteiger partial charge is 0.364 e. The highest BCUT2D eigenvalue weighted by atomic mass is 16.7. The van der Waals surface area contributed by atoms with E-state index in [4.69, 9.17) is 15.2 Å². The third-order valence-corrected chi connectivity index (χ3v) is 2.32. The highest BCUT2D eigenvalue weighted by Crippen LogP contribution is 2.29. The van der Waals surface area contributed by atoms with Crippen LogP contribution in [0.25, 0.3) is 0 Å². The Bertz CT molecular complexity index is 515. The summed E-state index contributed by atoms with van der Waals surface area (Å²) >= 11 is 0. The number of cyclic esters (lactones) is 2. The van der Waals surface area contributed by atoms with Gasteiger partial charge in [-0.2, -0.15) is 0 Å². The lowest BCUT2D eigenvalue weighted by molar-refractivity contribution is -0.222. The minimum Gasteiger partial charge on any atom is -0.406 e. The Labute approximate surface area is 102 Å². The second kappa shape index (κ2) is 4.33. The van der Waals surface area contributed by atoms with Gasteiger partial charge in [0.25, 0.3) is 0 Å². The molecule has 2 N–H and O–H groups in total. The lowest BCUT2D eigenvalue weighted by atomic mass is 10.1. The summed E-state index contributed by atoms with van der Waals surface area (Å²) in [4.78, 5) is 34.3. The number of rotatable bonds is 2. The van der Waals surface area contributed by atoms with Crippen LogP contribution in [0.2, 0.25) is 0 Å². The number of nitrogens with two attached hydrogens (primary N) is 1. The van der Waals surface area contributed by atoms with Gasteiger partial charge in [0.05, 0.1) is 0 Å². The Hall–Kier alpha value is -2.63. The van der Waals surface area contributed by atoms with Crippen molar-refractivity contribution in [1.29, 1.82) is 0 Å². The first-order valence-electron chi connectivity index (χ1n) is 5.04. The number of amides is 1. The number of carbonyl (C=O) groups is 3. The number of benzene rings is 1. The molecule has 1 amide bonds. The van der Waals surface area contributed by atoms with Crippen molar-refractivity contribution in [3.63, 3.8) is 0 Å². The molecule has 92 valence electrons. The Morgan fingerprint density at radius 3 is 1.94 bits per heavy atom. The van der Waals surface area contributed by atoms with Crippen molar-refractivity contribution in [3.05, 3.63) is 48.0 Å². The van der Waals surface area contributed by atoms with Crippen LogP contribution in [0.15, 0.2) is 42.5 Å². The third-order valence-electron chi connectivity index (χ3n) is 2.32. The highest BCUT2D eigenvalue weighted by molar-refractivity contribution is 5.98. The van der Waals surface area contributed by atoms with E-state index in [-0.39, 0.29) is 5.56 Å². The maximum absolute atomic E-state index is 11.6. The SMILES string of the molecule is NC(=O)C1(c2ccccc2)OC(=O)C=CC(=O)O1. The largest absolute Gasteiger partial charge is 0.406 e. The van der Waals surface area contributed by atoms with Gasteiger partial charge in [-0.1, -0.05) is 30.3 Å². The molecule has 0 atom stereocenters. The van der Waals surface area contributed by atoms with Crippen LogP contribution >= 0.6 is 0 Å². The van der Waals surface area contributed by atoms with Crippen molar-refractivity contribution in [2.24, 2.45) is 5.73 Å². The van der Waals surface area contributed by atoms with Gasteiger partial charge in [0.15, 0.2) is 0 Å². The maximum atomic E-state index is 11.6. The first kappa shape index (κ1) is 11.8. The summed E-state index contributed by atoms with van der Waals surface area (Å²) in [6.07, 6.45) is 1.74. The van der Waals surface area contributed by atoms with E-state index in [1.165, 1.54) is 12.1 Å². The van der Waals surface area contributed by atoms with E-state index >= 15 is 0 Å². The highest BCUT2D eigenvalue weighted by Gasteiger charge is 2.47. The lowest BCUT2D eigenvalue weighted by Gasteiger charge is -2.27. The molecule has 0 saturated carbocycles. The summed E-state index contributed by atoms with van der Waals surface area (Å²) < 4.78 is 9.75. The molecule has 1 heterocycles. The van der Waals surface area contributed by atoms with E-state index < -0.39 is 23.6 Å². The van der Waals surface area contributed by atoms with Crippen molar-refractivity contribution < 1.29 is 23.9 Å². The van der Waals surface area contributed by atoms with Crippen molar-refractivity contribution in [1.82, 2.24) is 0 Å². The number of hydrogen-bond acceptors (Lipinski definition) is 5. The first-order chi connectivity index (χ1) is 8.54. The van der Waals surface area contributed by atoms with Crippen molar-refractivity contribution in [3.8, 4) is 0 Å². The summed E-state index contributed by atoms with van der Waals surface area (Å²) in [5, 5.41) is 0. The molecule has 0 radical (unpaired) electrons. The zero-order chi connectivity index (χ0) is 13.2. The predicted octanol–water partition coefficient (Wildman–Crippen LogP) is -0.0191. The molecule has 6 heteroatoms. The van der Waals surface area contributed by atoms with Crippen LogP contribution in [-0.4, -0.2) is 17.8 Å². The molecule has 2 rings (SSSR count). The fourth-order valence-electron chi connectivity index (χ4n) is 1.53. The molecule has 0 unspecified atom stereocenters. The van der Waals surface area contributed by atoms with Crippen LogP contribution in [0.3, 0.4) is 0 Å². The predicted molar refractivity (Wildman–Crippen MR) is 58.6 cm³/mol. The molecule has 0 aromatic heterocycles. The van der Waals surface area contributed by atoms with Crippen LogP contribution < -0.4 is 5.73 Å². The maximum Gasteiger partial charge on any atom is 0.364 e. The van der Waals surface area contributed by atoms with E-state index in [1.807, 2.05) is 0 Å². The van der Waals surface area contributed by atoms with Crippen LogP contribution in [0, 0.1) is 0 Å². The molecular formula is C12H9NO5. The van der Waals surface area contributed by atoms with Gasteiger partial charge in [0.1, 0.15) is 0 Å². The number of esters is 2. The van der Waals surface area contributed by atoms with Crippen LogP contribution in [0.4, 0.5) is 0 Å². The van der Waals surface area contributed by atoms with Crippen LogP contribution in [0.1, 0.15) is 5.56 Å². The van der Waals surface area contributed by atoms with Crippen LogP contribution in [-0.2, 0) is 29.6 Å². The molecule has 1 aromatic rings. The summed E-state index contributed by atoms with van der Waals surface area (Å²) in [5.41, 5.74) is 5.38. The molecule has 0 bridgehead atoms. The average molecular weight is 247 g/mol. The van der Waals surface area contributed by atoms with Gasteiger partial charge in [-0.3, -0.25) is 4.79 Å². The minimum absolute atomic E-state index is 0.169. The molecule has 1 aliphatic rings. The van der Waals surface area contributed by atoms with Crippen molar-refractivity contribution >= 4 is 17.8 Å². The normalized spacial score (nSPS) is 17.6. The monoisotopic (exact) mass is 247 g/mol. The lowest BCUT2D eigenvalue weighted by Crippen LogP contribution is -2.47. The quantitative estimate of drug-likeness (QED) is 0.741. The standard InChI is InChI=1S/C12H9NO5/c13-11(16)12(8-4-2-1-3-5-8)17-9(14)6-7-10(15)18-12/h1-7H,(H2,13,16). The average Bonchev–Trinajstić information content (AvgIpc) is 2.51. The van der Waals surface area contributed by atoms with Gasteiger partial charge in [-0.05, 0) is 0 Å². The van der Waals surface area contributed by atoms with Gasteiger partial charge < -0.3 is 15.2 Å². The number of ether oxygens (including phenoxy) is 2. The van der Waals surface area contributed by atoms with E-state index in [9.17, 15) is 14.4 Å². The molecule has 1 aliphatic heterocycles. The van der Waals surface area contributed by atoms with Crippen molar-refractivity contribution in [2.75, 3.05) is 0 Å². The van der Waals surface area contributed by atoms with Gasteiger partial charge >= 0.3 is 23.6 Å². The number of carbonyl (C=O) groups excluding carboxylic acids is 3. The molecule has 1 aromatic carbocycles. The Morgan fingerprint density at radius 2 is 1.50 bits per heavy atom. The fourth-order valence-corrected chi connectivity index (χ4v) is 1.53. The van der Waals surface area contributed by atoms with Gasteiger partial charge in [0.2, 0.25) is 0 Å². The Balaban J connectivity index is 2.54. The van der Waals surface area contributed by atoms with E-state index in [2.05, 4.69) is 0 Å². The molecule has 0 spiro atoms. The fraction of sp³-hybridized carbons (Fsp3) is 0.0833.